The van der Waals surface area contributed by atoms with Gasteiger partial charge in [-0.2, -0.15) is 0 Å². The van der Waals surface area contributed by atoms with E-state index in [1.165, 1.54) is 0 Å². The van der Waals surface area contributed by atoms with Gasteiger partial charge in [-0.25, -0.2) is 0 Å². The first-order chi connectivity index (χ1) is 8.76. The Kier molecular flexibility index (Phi) is 6.06. The van der Waals surface area contributed by atoms with E-state index in [0.717, 1.165) is 24.8 Å². The molecule has 0 fully saturated rings. The van der Waals surface area contributed by atoms with E-state index in [9.17, 15) is 0 Å². The lowest BCUT2D eigenvalue weighted by molar-refractivity contribution is 0.353. The van der Waals surface area contributed by atoms with Crippen molar-refractivity contribution in [3.8, 4) is 23.8 Å². The smallest absolute Gasteiger partial charge is 0.161 e. The number of ether oxygens (including phenoxy) is 2. The molecule has 4 nitrogen and oxygen atoms in total. The molecule has 1 aromatic rings. The lowest BCUT2D eigenvalue weighted by Crippen LogP contribution is -2.28. The van der Waals surface area contributed by atoms with Crippen molar-refractivity contribution in [2.75, 3.05) is 14.2 Å². The van der Waals surface area contributed by atoms with Gasteiger partial charge in [0, 0.05) is 12.5 Å². The van der Waals surface area contributed by atoms with Crippen LogP contribution in [0.3, 0.4) is 0 Å². The third kappa shape index (κ3) is 3.66. The van der Waals surface area contributed by atoms with Crippen LogP contribution in [0, 0.1) is 12.3 Å². The molecule has 1 aromatic carbocycles. The maximum atomic E-state index is 5.58. The highest BCUT2D eigenvalue weighted by molar-refractivity contribution is 5.43. The Hall–Kier alpha value is -1.70. The van der Waals surface area contributed by atoms with E-state index in [1.807, 2.05) is 18.2 Å². The van der Waals surface area contributed by atoms with Crippen LogP contribution in [0.2, 0.25) is 0 Å². The maximum absolute atomic E-state index is 5.58. The molecule has 0 aliphatic heterocycles. The number of benzene rings is 1. The fraction of sp³-hybridized carbons (Fsp3) is 0.429. The molecular formula is C14H20N2O2. The largest absolute Gasteiger partial charge is 0.493 e. The number of nitrogens with two attached hydrogens (primary N) is 1. The van der Waals surface area contributed by atoms with Gasteiger partial charge in [0.1, 0.15) is 0 Å². The van der Waals surface area contributed by atoms with E-state index in [2.05, 4.69) is 11.3 Å². The summed E-state index contributed by atoms with van der Waals surface area (Å²) in [6.45, 7) is 0. The van der Waals surface area contributed by atoms with Crippen molar-refractivity contribution in [2.45, 2.75) is 25.3 Å². The Morgan fingerprint density at radius 2 is 2.06 bits per heavy atom. The lowest BCUT2D eigenvalue weighted by atomic mass is 10.0. The highest BCUT2D eigenvalue weighted by Gasteiger charge is 2.12. The maximum Gasteiger partial charge on any atom is 0.161 e. The predicted octanol–water partition coefficient (Wildman–Crippen LogP) is 2.01. The van der Waals surface area contributed by atoms with Gasteiger partial charge in [0.15, 0.2) is 11.5 Å². The van der Waals surface area contributed by atoms with Gasteiger partial charge in [0.05, 0.1) is 14.2 Å². The SMILES string of the molecule is C#CCCCC(NN)c1ccc(OC)c(OC)c1. The van der Waals surface area contributed by atoms with E-state index in [0.29, 0.717) is 11.5 Å². The van der Waals surface area contributed by atoms with Crippen LogP contribution in [0.25, 0.3) is 0 Å². The summed E-state index contributed by atoms with van der Waals surface area (Å²) in [6.07, 6.45) is 7.81. The number of terminal acetylenes is 1. The zero-order valence-electron chi connectivity index (χ0n) is 10.9. The molecule has 0 heterocycles. The fourth-order valence-electron chi connectivity index (χ4n) is 1.82. The van der Waals surface area contributed by atoms with Crippen LogP contribution in [0.4, 0.5) is 0 Å². The number of hydrazine groups is 1. The zero-order chi connectivity index (χ0) is 13.4. The molecule has 1 atom stereocenters. The second-order valence-electron chi connectivity index (χ2n) is 3.93. The van der Waals surface area contributed by atoms with Gasteiger partial charge in [-0.15, -0.1) is 12.3 Å². The van der Waals surface area contributed by atoms with Crippen LogP contribution in [0.5, 0.6) is 11.5 Å². The van der Waals surface area contributed by atoms with E-state index in [-0.39, 0.29) is 6.04 Å². The molecule has 0 saturated heterocycles. The highest BCUT2D eigenvalue weighted by atomic mass is 16.5. The standard InChI is InChI=1S/C14H20N2O2/c1-4-5-6-7-12(16-15)11-8-9-13(17-2)14(10-11)18-3/h1,8-10,12,16H,5-7,15H2,2-3H3. The molecular weight excluding hydrogens is 228 g/mol. The summed E-state index contributed by atoms with van der Waals surface area (Å²) >= 11 is 0. The molecule has 1 unspecified atom stereocenters. The fourth-order valence-corrected chi connectivity index (χ4v) is 1.82. The second-order valence-corrected chi connectivity index (χ2v) is 3.93. The van der Waals surface area contributed by atoms with Gasteiger partial charge >= 0.3 is 0 Å². The number of rotatable bonds is 7. The second kappa shape index (κ2) is 7.59. The molecule has 18 heavy (non-hydrogen) atoms. The third-order valence-corrected chi connectivity index (χ3v) is 2.83. The van der Waals surface area contributed by atoms with Crippen molar-refractivity contribution in [3.63, 3.8) is 0 Å². The van der Waals surface area contributed by atoms with E-state index >= 15 is 0 Å². The van der Waals surface area contributed by atoms with Gasteiger partial charge in [0.2, 0.25) is 0 Å². The van der Waals surface area contributed by atoms with Crippen LogP contribution < -0.4 is 20.7 Å². The molecule has 0 amide bonds. The molecule has 3 N–H and O–H groups in total. The first kappa shape index (κ1) is 14.4. The molecule has 0 saturated carbocycles. The summed E-state index contributed by atoms with van der Waals surface area (Å²) in [5.74, 6) is 9.61. The Labute approximate surface area is 108 Å². The summed E-state index contributed by atoms with van der Waals surface area (Å²) in [5.41, 5.74) is 3.86. The normalized spacial score (nSPS) is 11.7. The molecule has 0 aliphatic carbocycles. The average molecular weight is 248 g/mol. The Bertz CT molecular complexity index is 413. The molecule has 0 spiro atoms. The topological polar surface area (TPSA) is 56.5 Å². The third-order valence-electron chi connectivity index (χ3n) is 2.83. The molecule has 98 valence electrons. The number of hydrogen-bond acceptors (Lipinski definition) is 4. The lowest BCUT2D eigenvalue weighted by Gasteiger charge is -2.17. The molecule has 0 aromatic heterocycles. The van der Waals surface area contributed by atoms with Crippen molar-refractivity contribution in [1.29, 1.82) is 0 Å². The minimum absolute atomic E-state index is 0.0677. The minimum atomic E-state index is 0.0677. The summed E-state index contributed by atoms with van der Waals surface area (Å²) in [7, 11) is 3.23. The molecule has 0 bridgehead atoms. The first-order valence-electron chi connectivity index (χ1n) is 5.88. The van der Waals surface area contributed by atoms with Crippen molar-refractivity contribution in [2.24, 2.45) is 5.84 Å². The van der Waals surface area contributed by atoms with E-state index in [4.69, 9.17) is 21.7 Å². The zero-order valence-corrected chi connectivity index (χ0v) is 10.9. The molecule has 0 radical (unpaired) electrons. The van der Waals surface area contributed by atoms with Crippen LogP contribution in [0.1, 0.15) is 30.9 Å². The summed E-state index contributed by atoms with van der Waals surface area (Å²) in [5, 5.41) is 0. The van der Waals surface area contributed by atoms with Gasteiger partial charge in [-0.3, -0.25) is 11.3 Å². The summed E-state index contributed by atoms with van der Waals surface area (Å²) in [6, 6.07) is 5.85. The number of methoxy groups -OCH3 is 2. The van der Waals surface area contributed by atoms with Crippen molar-refractivity contribution >= 4 is 0 Å². The van der Waals surface area contributed by atoms with Crippen LogP contribution in [-0.4, -0.2) is 14.2 Å². The van der Waals surface area contributed by atoms with Crippen molar-refractivity contribution < 1.29 is 9.47 Å². The van der Waals surface area contributed by atoms with Gasteiger partial charge < -0.3 is 9.47 Å². The van der Waals surface area contributed by atoms with Crippen LogP contribution in [-0.2, 0) is 0 Å². The number of unbranched alkanes of at least 4 members (excludes halogenated alkanes) is 1. The monoisotopic (exact) mass is 248 g/mol. The predicted molar refractivity (Wildman–Crippen MR) is 72.3 cm³/mol. The van der Waals surface area contributed by atoms with Crippen molar-refractivity contribution in [1.82, 2.24) is 5.43 Å². The van der Waals surface area contributed by atoms with Gasteiger partial charge in [-0.1, -0.05) is 6.07 Å². The number of nitrogens with one attached hydrogen (secondary N) is 1. The minimum Gasteiger partial charge on any atom is -0.493 e. The molecule has 1 rings (SSSR count). The average Bonchev–Trinajstić information content (AvgIpc) is 2.43. The Balaban J connectivity index is 2.83. The van der Waals surface area contributed by atoms with Crippen LogP contribution >= 0.6 is 0 Å². The van der Waals surface area contributed by atoms with Crippen LogP contribution in [0.15, 0.2) is 18.2 Å². The quantitative estimate of drug-likeness (QED) is 0.335. The summed E-state index contributed by atoms with van der Waals surface area (Å²) < 4.78 is 10.5. The van der Waals surface area contributed by atoms with E-state index in [1.54, 1.807) is 14.2 Å². The van der Waals surface area contributed by atoms with Gasteiger partial charge in [0.25, 0.3) is 0 Å². The molecule has 4 heteroatoms. The Morgan fingerprint density at radius 3 is 2.61 bits per heavy atom. The number of hydrogen-bond donors (Lipinski definition) is 2. The Morgan fingerprint density at radius 1 is 1.33 bits per heavy atom. The van der Waals surface area contributed by atoms with Crippen molar-refractivity contribution in [3.05, 3.63) is 23.8 Å². The van der Waals surface area contributed by atoms with E-state index < -0.39 is 0 Å². The summed E-state index contributed by atoms with van der Waals surface area (Å²) in [4.78, 5) is 0. The highest BCUT2D eigenvalue weighted by Crippen LogP contribution is 2.31. The first-order valence-corrected chi connectivity index (χ1v) is 5.88. The molecule has 0 aliphatic rings. The van der Waals surface area contributed by atoms with Gasteiger partial charge in [-0.05, 0) is 30.5 Å².